The fraction of sp³-hybridized carbons (Fsp3) is 0.250. The highest BCUT2D eigenvalue weighted by Crippen LogP contribution is 2.28. The molecule has 0 fully saturated rings. The summed E-state index contributed by atoms with van der Waals surface area (Å²) in [6, 6.07) is 3.27. The average molecular weight is 389 g/mol. The number of carbonyl (C=O) groups is 2. The van der Waals surface area contributed by atoms with E-state index in [0.29, 0.717) is 23.4 Å². The third kappa shape index (κ3) is 3.82. The SMILES string of the molecule is O=C(CN1CCc2nc(NC(=O)c3ccco3)sc2C1)Nc1nccs1. The number of rotatable bonds is 5. The zero-order chi connectivity index (χ0) is 17.9. The van der Waals surface area contributed by atoms with Crippen LogP contribution in [0, 0.1) is 0 Å². The molecule has 0 saturated heterocycles. The fourth-order valence-corrected chi connectivity index (χ4v) is 4.24. The molecule has 0 saturated carbocycles. The Morgan fingerprint density at radius 2 is 2.23 bits per heavy atom. The monoisotopic (exact) mass is 389 g/mol. The largest absolute Gasteiger partial charge is 0.459 e. The van der Waals surface area contributed by atoms with Crippen molar-refractivity contribution in [2.24, 2.45) is 0 Å². The van der Waals surface area contributed by atoms with Gasteiger partial charge in [0, 0.05) is 36.0 Å². The molecule has 3 aromatic heterocycles. The highest BCUT2D eigenvalue weighted by Gasteiger charge is 2.23. The van der Waals surface area contributed by atoms with Gasteiger partial charge in [0.05, 0.1) is 18.5 Å². The van der Waals surface area contributed by atoms with Gasteiger partial charge in [0.1, 0.15) is 0 Å². The number of aromatic nitrogens is 2. The van der Waals surface area contributed by atoms with Crippen LogP contribution < -0.4 is 10.6 Å². The average Bonchev–Trinajstić information content (AvgIpc) is 3.35. The number of furan rings is 1. The Bertz CT molecular complexity index is 905. The summed E-state index contributed by atoms with van der Waals surface area (Å²) in [7, 11) is 0. The number of carbonyl (C=O) groups excluding carboxylic acids is 2. The minimum Gasteiger partial charge on any atom is -0.459 e. The Kier molecular flexibility index (Phi) is 4.78. The summed E-state index contributed by atoms with van der Waals surface area (Å²) in [4.78, 5) is 35.8. The lowest BCUT2D eigenvalue weighted by Gasteiger charge is -2.24. The second-order valence-corrected chi connectivity index (χ2v) is 7.64. The van der Waals surface area contributed by atoms with Gasteiger partial charge in [0.15, 0.2) is 16.0 Å². The summed E-state index contributed by atoms with van der Waals surface area (Å²) in [6.07, 6.45) is 3.85. The molecule has 2 N–H and O–H groups in total. The Morgan fingerprint density at radius 3 is 3.00 bits per heavy atom. The molecule has 4 rings (SSSR count). The summed E-state index contributed by atoms with van der Waals surface area (Å²) >= 11 is 2.82. The van der Waals surface area contributed by atoms with Crippen molar-refractivity contribution < 1.29 is 14.0 Å². The van der Waals surface area contributed by atoms with E-state index in [1.54, 1.807) is 18.3 Å². The molecule has 134 valence electrons. The summed E-state index contributed by atoms with van der Waals surface area (Å²) in [5.41, 5.74) is 0.973. The van der Waals surface area contributed by atoms with Crippen LogP contribution in [0.1, 0.15) is 21.1 Å². The lowest BCUT2D eigenvalue weighted by atomic mass is 10.2. The minimum atomic E-state index is -0.319. The maximum absolute atomic E-state index is 12.1. The van der Waals surface area contributed by atoms with Crippen molar-refractivity contribution in [3.8, 4) is 0 Å². The van der Waals surface area contributed by atoms with Crippen molar-refractivity contribution in [3.05, 3.63) is 46.3 Å². The third-order valence-electron chi connectivity index (χ3n) is 3.82. The van der Waals surface area contributed by atoms with Crippen LogP contribution in [-0.4, -0.2) is 39.8 Å². The predicted molar refractivity (Wildman–Crippen MR) is 98.5 cm³/mol. The molecule has 0 spiro atoms. The highest BCUT2D eigenvalue weighted by molar-refractivity contribution is 7.16. The zero-order valence-corrected chi connectivity index (χ0v) is 15.2. The maximum Gasteiger partial charge on any atom is 0.293 e. The van der Waals surface area contributed by atoms with Gasteiger partial charge in [-0.1, -0.05) is 0 Å². The molecular formula is C16H15N5O3S2. The van der Waals surface area contributed by atoms with E-state index in [9.17, 15) is 9.59 Å². The van der Waals surface area contributed by atoms with Gasteiger partial charge in [-0.2, -0.15) is 0 Å². The number of hydrogen-bond acceptors (Lipinski definition) is 8. The van der Waals surface area contributed by atoms with Crippen LogP contribution in [0.15, 0.2) is 34.4 Å². The van der Waals surface area contributed by atoms with Crippen LogP contribution in [0.3, 0.4) is 0 Å². The summed E-state index contributed by atoms with van der Waals surface area (Å²) in [5.74, 6) is -0.154. The molecule has 1 aliphatic rings. The van der Waals surface area contributed by atoms with Crippen LogP contribution in [-0.2, 0) is 17.8 Å². The van der Waals surface area contributed by atoms with Crippen LogP contribution in [0.25, 0.3) is 0 Å². The van der Waals surface area contributed by atoms with E-state index in [1.807, 2.05) is 5.38 Å². The molecule has 0 unspecified atom stereocenters. The number of hydrogen-bond donors (Lipinski definition) is 2. The lowest BCUT2D eigenvalue weighted by molar-refractivity contribution is -0.117. The van der Waals surface area contributed by atoms with Gasteiger partial charge in [0.2, 0.25) is 5.91 Å². The molecule has 0 aliphatic carbocycles. The number of nitrogens with zero attached hydrogens (tertiary/aromatic N) is 3. The first-order valence-corrected chi connectivity index (χ1v) is 9.62. The van der Waals surface area contributed by atoms with E-state index in [0.717, 1.165) is 23.5 Å². The van der Waals surface area contributed by atoms with Crippen LogP contribution in [0.4, 0.5) is 10.3 Å². The summed E-state index contributed by atoms with van der Waals surface area (Å²) < 4.78 is 5.08. The van der Waals surface area contributed by atoms with E-state index in [-0.39, 0.29) is 17.6 Å². The van der Waals surface area contributed by atoms with Crippen molar-refractivity contribution >= 4 is 44.8 Å². The molecule has 2 amide bonds. The molecule has 0 bridgehead atoms. The van der Waals surface area contributed by atoms with Crippen molar-refractivity contribution in [2.45, 2.75) is 13.0 Å². The maximum atomic E-state index is 12.1. The van der Waals surface area contributed by atoms with E-state index in [2.05, 4.69) is 25.5 Å². The van der Waals surface area contributed by atoms with Gasteiger partial charge in [-0.05, 0) is 12.1 Å². The standard InChI is InChI=1S/C16H15N5O3S2/c22-13(19-15-17-4-7-25-15)9-21-5-3-10-12(8-21)26-16(18-10)20-14(23)11-2-1-6-24-11/h1-2,4,6-7H,3,5,8-9H2,(H,17,19,22)(H,18,20,23). The molecule has 8 nitrogen and oxygen atoms in total. The van der Waals surface area contributed by atoms with Crippen molar-refractivity contribution in [1.29, 1.82) is 0 Å². The number of amides is 2. The molecule has 4 heterocycles. The lowest BCUT2D eigenvalue weighted by Crippen LogP contribution is -2.36. The second kappa shape index (κ2) is 7.36. The van der Waals surface area contributed by atoms with Crippen LogP contribution in [0.2, 0.25) is 0 Å². The Balaban J connectivity index is 1.35. The Hall–Kier alpha value is -2.56. The van der Waals surface area contributed by atoms with Gasteiger partial charge in [0.25, 0.3) is 5.91 Å². The summed E-state index contributed by atoms with van der Waals surface area (Å²) in [5, 5.41) is 8.51. The topological polar surface area (TPSA) is 100 Å². The number of anilines is 2. The molecular weight excluding hydrogens is 374 g/mol. The third-order valence-corrected chi connectivity index (χ3v) is 5.51. The first-order chi connectivity index (χ1) is 12.7. The van der Waals surface area contributed by atoms with Crippen molar-refractivity contribution in [2.75, 3.05) is 23.7 Å². The van der Waals surface area contributed by atoms with Gasteiger partial charge < -0.3 is 9.73 Å². The van der Waals surface area contributed by atoms with Crippen LogP contribution in [0.5, 0.6) is 0 Å². The van der Waals surface area contributed by atoms with E-state index >= 15 is 0 Å². The first kappa shape index (κ1) is 16.9. The normalized spacial score (nSPS) is 14.0. The van der Waals surface area contributed by atoms with Gasteiger partial charge in [-0.3, -0.25) is 19.8 Å². The molecule has 26 heavy (non-hydrogen) atoms. The smallest absolute Gasteiger partial charge is 0.293 e. The van der Waals surface area contributed by atoms with Crippen LogP contribution >= 0.6 is 22.7 Å². The van der Waals surface area contributed by atoms with E-state index < -0.39 is 0 Å². The second-order valence-electron chi connectivity index (χ2n) is 5.67. The molecule has 0 atom stereocenters. The van der Waals surface area contributed by atoms with Crippen molar-refractivity contribution in [3.63, 3.8) is 0 Å². The molecule has 1 aliphatic heterocycles. The molecule has 3 aromatic rings. The minimum absolute atomic E-state index is 0.0840. The molecule has 0 radical (unpaired) electrons. The fourth-order valence-electron chi connectivity index (χ4n) is 2.65. The Morgan fingerprint density at radius 1 is 1.31 bits per heavy atom. The highest BCUT2D eigenvalue weighted by atomic mass is 32.1. The molecule has 0 aromatic carbocycles. The predicted octanol–water partition coefficient (Wildman–Crippen LogP) is 2.44. The molecule has 10 heteroatoms. The zero-order valence-electron chi connectivity index (χ0n) is 13.6. The number of thiazole rings is 2. The Labute approximate surface area is 156 Å². The number of fused-ring (bicyclic) bond motifs is 1. The van der Waals surface area contributed by atoms with Gasteiger partial charge in [-0.25, -0.2) is 9.97 Å². The van der Waals surface area contributed by atoms with Crippen molar-refractivity contribution in [1.82, 2.24) is 14.9 Å². The van der Waals surface area contributed by atoms with Gasteiger partial charge >= 0.3 is 0 Å². The first-order valence-electron chi connectivity index (χ1n) is 7.92. The van der Waals surface area contributed by atoms with Gasteiger partial charge in [-0.15, -0.1) is 22.7 Å². The van der Waals surface area contributed by atoms with E-state index in [4.69, 9.17) is 4.42 Å². The number of nitrogens with one attached hydrogen (secondary N) is 2. The summed E-state index contributed by atoms with van der Waals surface area (Å²) in [6.45, 7) is 1.67. The van der Waals surface area contributed by atoms with E-state index in [1.165, 1.54) is 28.9 Å². The quantitative estimate of drug-likeness (QED) is 0.695.